The van der Waals surface area contributed by atoms with Gasteiger partial charge in [0.15, 0.2) is 0 Å². The Morgan fingerprint density at radius 2 is 1.00 bits per heavy atom. The molecule has 0 unspecified atom stereocenters. The standard InChI is InChI=1S/C31H23NO/c1-5-13-25(14-6-1)29(32-28-19-11-4-12-20-28)21-24-22-30(26-15-7-2-8-16-26)33-31(23-24)27-17-9-3-10-18-27/h1-23H. The van der Waals surface area contributed by atoms with Crippen LogP contribution in [-0.2, 0) is 4.74 Å². The molecule has 1 aliphatic heterocycles. The predicted octanol–water partition coefficient (Wildman–Crippen LogP) is 7.85. The van der Waals surface area contributed by atoms with E-state index in [2.05, 4.69) is 54.6 Å². The quantitative estimate of drug-likeness (QED) is 0.298. The Bertz CT molecular complexity index is 1280. The average Bonchev–Trinajstić information content (AvgIpc) is 2.90. The molecule has 0 spiro atoms. The Morgan fingerprint density at radius 3 is 1.52 bits per heavy atom. The molecule has 4 aromatic rings. The van der Waals surface area contributed by atoms with E-state index in [4.69, 9.17) is 9.73 Å². The first-order chi connectivity index (χ1) is 16.3. The van der Waals surface area contributed by atoms with Gasteiger partial charge < -0.3 is 4.74 Å². The molecule has 0 atom stereocenters. The second kappa shape index (κ2) is 9.80. The van der Waals surface area contributed by atoms with Crippen LogP contribution in [0, 0.1) is 0 Å². The van der Waals surface area contributed by atoms with Gasteiger partial charge in [0.1, 0.15) is 11.5 Å². The average molecular weight is 426 g/mol. The number of para-hydroxylation sites is 1. The van der Waals surface area contributed by atoms with E-state index in [0.29, 0.717) is 0 Å². The third-order valence-electron chi connectivity index (χ3n) is 5.31. The van der Waals surface area contributed by atoms with Crippen LogP contribution in [-0.4, -0.2) is 5.71 Å². The summed E-state index contributed by atoms with van der Waals surface area (Å²) >= 11 is 0. The van der Waals surface area contributed by atoms with E-state index in [1.54, 1.807) is 0 Å². The number of hydrogen-bond donors (Lipinski definition) is 0. The van der Waals surface area contributed by atoms with Crippen molar-refractivity contribution in [1.29, 1.82) is 0 Å². The molecule has 0 saturated carbocycles. The molecule has 2 nitrogen and oxygen atoms in total. The summed E-state index contributed by atoms with van der Waals surface area (Å²) in [5.41, 5.74) is 5.96. The Hall–Kier alpha value is -4.43. The molecule has 4 aromatic carbocycles. The molecular weight excluding hydrogens is 402 g/mol. The molecule has 1 aliphatic rings. The van der Waals surface area contributed by atoms with E-state index >= 15 is 0 Å². The molecule has 33 heavy (non-hydrogen) atoms. The van der Waals surface area contributed by atoms with Crippen molar-refractivity contribution in [3.63, 3.8) is 0 Å². The number of ether oxygens (including phenoxy) is 1. The van der Waals surface area contributed by atoms with Crippen LogP contribution in [0.5, 0.6) is 0 Å². The van der Waals surface area contributed by atoms with Crippen LogP contribution in [0.2, 0.25) is 0 Å². The van der Waals surface area contributed by atoms with Gasteiger partial charge in [-0.1, -0.05) is 109 Å². The van der Waals surface area contributed by atoms with Gasteiger partial charge in [-0.15, -0.1) is 0 Å². The summed E-state index contributed by atoms with van der Waals surface area (Å²) in [4.78, 5) is 4.96. The molecule has 0 saturated heterocycles. The normalized spacial score (nSPS) is 13.6. The fraction of sp³-hybridized carbons (Fsp3) is 0. The summed E-state index contributed by atoms with van der Waals surface area (Å²) in [5, 5.41) is 0. The molecule has 2 heteroatoms. The maximum atomic E-state index is 6.34. The molecule has 1 heterocycles. The molecule has 158 valence electrons. The molecular formula is C31H23NO. The first-order valence-corrected chi connectivity index (χ1v) is 11.0. The van der Waals surface area contributed by atoms with E-state index < -0.39 is 0 Å². The van der Waals surface area contributed by atoms with Crippen LogP contribution in [0.15, 0.2) is 150 Å². The first-order valence-electron chi connectivity index (χ1n) is 11.0. The van der Waals surface area contributed by atoms with E-state index in [1.807, 2.05) is 84.9 Å². The van der Waals surface area contributed by atoms with Crippen LogP contribution in [0.25, 0.3) is 11.5 Å². The van der Waals surface area contributed by atoms with Gasteiger partial charge in [0.05, 0.1) is 11.4 Å². The minimum Gasteiger partial charge on any atom is -0.456 e. The zero-order valence-electron chi connectivity index (χ0n) is 18.1. The molecule has 0 aliphatic carbocycles. The van der Waals surface area contributed by atoms with Gasteiger partial charge in [0, 0.05) is 16.7 Å². The second-order valence-electron chi connectivity index (χ2n) is 7.69. The van der Waals surface area contributed by atoms with Crippen molar-refractivity contribution in [2.45, 2.75) is 0 Å². The van der Waals surface area contributed by atoms with Gasteiger partial charge in [-0.2, -0.15) is 0 Å². The lowest BCUT2D eigenvalue weighted by atomic mass is 10.0. The highest BCUT2D eigenvalue weighted by Gasteiger charge is 2.15. The fourth-order valence-corrected chi connectivity index (χ4v) is 3.68. The largest absolute Gasteiger partial charge is 0.456 e. The smallest absolute Gasteiger partial charge is 0.135 e. The number of aliphatic imine (C=N–C) groups is 1. The fourth-order valence-electron chi connectivity index (χ4n) is 3.68. The van der Waals surface area contributed by atoms with E-state index in [-0.39, 0.29) is 0 Å². The molecule has 0 bridgehead atoms. The highest BCUT2D eigenvalue weighted by molar-refractivity contribution is 6.11. The lowest BCUT2D eigenvalue weighted by molar-refractivity contribution is 0.467. The summed E-state index contributed by atoms with van der Waals surface area (Å²) in [7, 11) is 0. The number of allylic oxidation sites excluding steroid dienone is 4. The highest BCUT2D eigenvalue weighted by atomic mass is 16.5. The zero-order chi connectivity index (χ0) is 22.3. The summed E-state index contributed by atoms with van der Waals surface area (Å²) in [6.07, 6.45) is 6.27. The van der Waals surface area contributed by atoms with E-state index in [0.717, 1.165) is 45.2 Å². The Morgan fingerprint density at radius 1 is 0.545 bits per heavy atom. The van der Waals surface area contributed by atoms with Crippen molar-refractivity contribution in [2.24, 2.45) is 4.99 Å². The zero-order valence-corrected chi connectivity index (χ0v) is 18.1. The number of nitrogens with zero attached hydrogens (tertiary/aromatic N) is 1. The molecule has 0 N–H and O–H groups in total. The van der Waals surface area contributed by atoms with Crippen LogP contribution < -0.4 is 0 Å². The number of rotatable bonds is 5. The molecule has 5 rings (SSSR count). The third kappa shape index (κ3) is 5.08. The number of hydrogen-bond acceptors (Lipinski definition) is 2. The SMILES string of the molecule is C(=C1C=C(c2ccccc2)OC(c2ccccc2)=C1)C(=Nc1ccccc1)c1ccccc1. The van der Waals surface area contributed by atoms with Crippen LogP contribution in [0.3, 0.4) is 0 Å². The monoisotopic (exact) mass is 425 g/mol. The van der Waals surface area contributed by atoms with Crippen molar-refractivity contribution in [3.8, 4) is 0 Å². The van der Waals surface area contributed by atoms with Crippen molar-refractivity contribution >= 4 is 22.9 Å². The van der Waals surface area contributed by atoms with Crippen molar-refractivity contribution in [1.82, 2.24) is 0 Å². The van der Waals surface area contributed by atoms with Gasteiger partial charge in [0.25, 0.3) is 0 Å². The van der Waals surface area contributed by atoms with Crippen molar-refractivity contribution in [3.05, 3.63) is 162 Å². The maximum absolute atomic E-state index is 6.34. The number of benzene rings is 4. The van der Waals surface area contributed by atoms with E-state index in [9.17, 15) is 0 Å². The highest BCUT2D eigenvalue weighted by Crippen LogP contribution is 2.32. The summed E-state index contributed by atoms with van der Waals surface area (Å²) in [6, 6.07) is 40.7. The predicted molar refractivity (Wildman–Crippen MR) is 137 cm³/mol. The maximum Gasteiger partial charge on any atom is 0.135 e. The second-order valence-corrected chi connectivity index (χ2v) is 7.69. The van der Waals surface area contributed by atoms with E-state index in [1.165, 1.54) is 0 Å². The van der Waals surface area contributed by atoms with Gasteiger partial charge >= 0.3 is 0 Å². The summed E-state index contributed by atoms with van der Waals surface area (Å²) in [6.45, 7) is 0. The Balaban J connectivity index is 1.64. The van der Waals surface area contributed by atoms with Gasteiger partial charge in [-0.3, -0.25) is 0 Å². The van der Waals surface area contributed by atoms with Gasteiger partial charge in [0.2, 0.25) is 0 Å². The molecule has 0 radical (unpaired) electrons. The minimum atomic E-state index is 0.815. The Labute approximate surface area is 194 Å². The van der Waals surface area contributed by atoms with Crippen LogP contribution in [0.1, 0.15) is 16.7 Å². The van der Waals surface area contributed by atoms with Crippen LogP contribution >= 0.6 is 0 Å². The summed E-state index contributed by atoms with van der Waals surface area (Å²) < 4.78 is 6.34. The van der Waals surface area contributed by atoms with Crippen LogP contribution in [0.4, 0.5) is 5.69 Å². The first kappa shape index (κ1) is 20.5. The lowest BCUT2D eigenvalue weighted by Gasteiger charge is -2.19. The molecule has 0 fully saturated rings. The topological polar surface area (TPSA) is 21.6 Å². The minimum absolute atomic E-state index is 0.815. The van der Waals surface area contributed by atoms with Gasteiger partial charge in [-0.05, 0) is 35.9 Å². The van der Waals surface area contributed by atoms with Gasteiger partial charge in [-0.25, -0.2) is 4.99 Å². The summed E-state index contributed by atoms with van der Waals surface area (Å²) in [5.74, 6) is 1.63. The third-order valence-corrected chi connectivity index (χ3v) is 5.31. The van der Waals surface area contributed by atoms with Crippen molar-refractivity contribution < 1.29 is 4.74 Å². The van der Waals surface area contributed by atoms with Crippen molar-refractivity contribution in [2.75, 3.05) is 0 Å². The molecule has 0 aromatic heterocycles. The molecule has 0 amide bonds. The lowest BCUT2D eigenvalue weighted by Crippen LogP contribution is -2.02. The Kier molecular flexibility index (Phi) is 6.08.